The quantitative estimate of drug-likeness (QED) is 0.736. The Hall–Kier alpha value is -1.40. The van der Waals surface area contributed by atoms with E-state index < -0.39 is 0 Å². The first-order chi connectivity index (χ1) is 8.74. The Morgan fingerprint density at radius 3 is 2.72 bits per heavy atom. The van der Waals surface area contributed by atoms with Gasteiger partial charge in [-0.25, -0.2) is 0 Å². The van der Waals surface area contributed by atoms with Gasteiger partial charge in [0, 0.05) is 24.7 Å². The van der Waals surface area contributed by atoms with Crippen molar-refractivity contribution in [3.05, 3.63) is 11.3 Å². The van der Waals surface area contributed by atoms with E-state index in [4.69, 9.17) is 4.74 Å². The van der Waals surface area contributed by atoms with Gasteiger partial charge in [-0.15, -0.1) is 0 Å². The third-order valence-corrected chi connectivity index (χ3v) is 3.78. The minimum atomic E-state index is -0.337. The van der Waals surface area contributed by atoms with Crippen molar-refractivity contribution in [3.63, 3.8) is 0 Å². The molecule has 0 saturated carbocycles. The second kappa shape index (κ2) is 4.70. The number of rotatable bonds is 1. The molecule has 0 aromatic carbocycles. The van der Waals surface area contributed by atoms with Crippen molar-refractivity contribution in [3.8, 4) is 11.9 Å². The van der Waals surface area contributed by atoms with E-state index in [1.165, 1.54) is 0 Å². The molecule has 1 saturated heterocycles. The minimum Gasteiger partial charge on any atom is -0.493 e. The van der Waals surface area contributed by atoms with Crippen molar-refractivity contribution in [1.29, 1.82) is 0 Å². The van der Waals surface area contributed by atoms with Crippen LogP contribution in [0.5, 0.6) is 11.9 Å². The van der Waals surface area contributed by atoms with Crippen LogP contribution in [0.4, 0.5) is 0 Å². The Kier molecular flexibility index (Phi) is 3.05. The van der Waals surface area contributed by atoms with Crippen molar-refractivity contribution < 1.29 is 14.9 Å². The minimum absolute atomic E-state index is 0.0736. The van der Waals surface area contributed by atoms with Crippen LogP contribution < -0.4 is 0 Å². The van der Waals surface area contributed by atoms with E-state index in [9.17, 15) is 10.2 Å². The summed E-state index contributed by atoms with van der Waals surface area (Å²) in [7, 11) is 0. The number of fused-ring (bicyclic) bond motifs is 1. The fraction of sp³-hybridized carbons (Fsp3) is 0.667. The molecule has 1 atom stereocenters. The first-order valence-electron chi connectivity index (χ1n) is 6.33. The highest BCUT2D eigenvalue weighted by Crippen LogP contribution is 2.30. The van der Waals surface area contributed by atoms with Gasteiger partial charge in [0.15, 0.2) is 0 Å². The molecule has 6 nitrogen and oxygen atoms in total. The summed E-state index contributed by atoms with van der Waals surface area (Å²) >= 11 is 0. The Morgan fingerprint density at radius 2 is 1.94 bits per heavy atom. The van der Waals surface area contributed by atoms with Crippen molar-refractivity contribution in [2.75, 3.05) is 26.3 Å². The molecule has 0 amide bonds. The van der Waals surface area contributed by atoms with Crippen LogP contribution in [0.2, 0.25) is 0 Å². The molecule has 1 aliphatic heterocycles. The summed E-state index contributed by atoms with van der Waals surface area (Å²) in [5.41, 5.74) is 1.57. The fourth-order valence-corrected chi connectivity index (χ4v) is 2.82. The standard InChI is InChI=1S/C12H17N3O3/c16-11-9-7-8(15-3-5-18-6-4-15)1-2-10(9)13-12(17)14-11/h8H,1-7H2,(H2,13,14,16,17). The van der Waals surface area contributed by atoms with Crippen LogP contribution in [0.1, 0.15) is 17.7 Å². The van der Waals surface area contributed by atoms with Crippen LogP contribution in [0, 0.1) is 0 Å². The van der Waals surface area contributed by atoms with Crippen molar-refractivity contribution in [1.82, 2.24) is 14.9 Å². The normalized spacial score (nSPS) is 24.8. The number of morpholine rings is 1. The van der Waals surface area contributed by atoms with Crippen LogP contribution in [0.25, 0.3) is 0 Å². The second-order valence-corrected chi connectivity index (χ2v) is 4.82. The molecular weight excluding hydrogens is 234 g/mol. The molecule has 0 spiro atoms. The van der Waals surface area contributed by atoms with Crippen LogP contribution >= 0.6 is 0 Å². The molecule has 2 N–H and O–H groups in total. The van der Waals surface area contributed by atoms with Gasteiger partial charge in [0.2, 0.25) is 5.88 Å². The van der Waals surface area contributed by atoms with Gasteiger partial charge in [-0.05, 0) is 19.3 Å². The van der Waals surface area contributed by atoms with Crippen molar-refractivity contribution in [2.45, 2.75) is 25.3 Å². The van der Waals surface area contributed by atoms with E-state index in [1.807, 2.05) is 0 Å². The average Bonchev–Trinajstić information content (AvgIpc) is 2.39. The van der Waals surface area contributed by atoms with Gasteiger partial charge in [-0.3, -0.25) is 4.90 Å². The topological polar surface area (TPSA) is 78.7 Å². The van der Waals surface area contributed by atoms with Crippen molar-refractivity contribution >= 4 is 0 Å². The molecule has 0 radical (unpaired) electrons. The van der Waals surface area contributed by atoms with Gasteiger partial charge in [0.05, 0.1) is 18.9 Å². The zero-order valence-corrected chi connectivity index (χ0v) is 10.2. The SMILES string of the molecule is Oc1nc(O)c2c(n1)CCC(N1CCOCC1)C2. The Labute approximate surface area is 105 Å². The number of aryl methyl sites for hydroxylation is 1. The number of aromatic nitrogens is 2. The Bertz CT molecular complexity index is 446. The van der Waals surface area contributed by atoms with Crippen LogP contribution in [0.3, 0.4) is 0 Å². The lowest BCUT2D eigenvalue weighted by atomic mass is 9.91. The predicted molar refractivity (Wildman–Crippen MR) is 63.6 cm³/mol. The van der Waals surface area contributed by atoms with E-state index in [2.05, 4.69) is 14.9 Å². The highest BCUT2D eigenvalue weighted by atomic mass is 16.5. The van der Waals surface area contributed by atoms with Crippen LogP contribution in [-0.2, 0) is 17.6 Å². The van der Waals surface area contributed by atoms with E-state index in [0.29, 0.717) is 6.04 Å². The van der Waals surface area contributed by atoms with Gasteiger partial charge in [0.1, 0.15) is 0 Å². The summed E-state index contributed by atoms with van der Waals surface area (Å²) in [6.45, 7) is 3.45. The third-order valence-electron chi connectivity index (χ3n) is 3.78. The molecule has 18 heavy (non-hydrogen) atoms. The maximum absolute atomic E-state index is 9.80. The number of hydrogen-bond acceptors (Lipinski definition) is 6. The van der Waals surface area contributed by atoms with Gasteiger partial charge >= 0.3 is 6.01 Å². The molecule has 3 rings (SSSR count). The number of aromatic hydroxyl groups is 2. The highest BCUT2D eigenvalue weighted by Gasteiger charge is 2.28. The monoisotopic (exact) mass is 251 g/mol. The predicted octanol–water partition coefficient (Wildman–Crippen LogP) is 0.0773. The fourth-order valence-electron chi connectivity index (χ4n) is 2.82. The summed E-state index contributed by atoms with van der Waals surface area (Å²) in [4.78, 5) is 10.0. The van der Waals surface area contributed by atoms with Gasteiger partial charge < -0.3 is 14.9 Å². The molecule has 6 heteroatoms. The largest absolute Gasteiger partial charge is 0.493 e. The summed E-state index contributed by atoms with van der Waals surface area (Å²) in [5, 5.41) is 19.1. The number of hydrogen-bond donors (Lipinski definition) is 2. The van der Waals surface area contributed by atoms with Crippen LogP contribution in [-0.4, -0.2) is 57.4 Å². The van der Waals surface area contributed by atoms with Crippen molar-refractivity contribution in [2.24, 2.45) is 0 Å². The zero-order chi connectivity index (χ0) is 12.5. The molecule has 1 aliphatic carbocycles. The first kappa shape index (κ1) is 11.7. The molecule has 2 heterocycles. The molecule has 1 fully saturated rings. The van der Waals surface area contributed by atoms with E-state index in [1.54, 1.807) is 0 Å². The number of ether oxygens (including phenoxy) is 1. The molecule has 98 valence electrons. The molecule has 1 aromatic rings. The van der Waals surface area contributed by atoms with Crippen LogP contribution in [0.15, 0.2) is 0 Å². The molecule has 2 aliphatic rings. The summed E-state index contributed by atoms with van der Waals surface area (Å²) in [6, 6.07) is 0.0801. The zero-order valence-electron chi connectivity index (χ0n) is 10.2. The van der Waals surface area contributed by atoms with E-state index in [-0.39, 0.29) is 11.9 Å². The maximum Gasteiger partial charge on any atom is 0.317 e. The second-order valence-electron chi connectivity index (χ2n) is 4.82. The molecule has 1 unspecified atom stereocenters. The lowest BCUT2D eigenvalue weighted by Gasteiger charge is -2.36. The van der Waals surface area contributed by atoms with E-state index >= 15 is 0 Å². The highest BCUT2D eigenvalue weighted by molar-refractivity contribution is 5.34. The Balaban J connectivity index is 1.80. The number of nitrogens with zero attached hydrogens (tertiary/aromatic N) is 3. The lowest BCUT2D eigenvalue weighted by Crippen LogP contribution is -2.46. The van der Waals surface area contributed by atoms with E-state index in [0.717, 1.165) is 56.8 Å². The smallest absolute Gasteiger partial charge is 0.317 e. The maximum atomic E-state index is 9.80. The third kappa shape index (κ3) is 2.13. The molecule has 0 bridgehead atoms. The summed E-state index contributed by atoms with van der Waals surface area (Å²) in [6.07, 6.45) is 2.53. The summed E-state index contributed by atoms with van der Waals surface area (Å²) in [5.74, 6) is -0.0736. The molecular formula is C12H17N3O3. The first-order valence-corrected chi connectivity index (χ1v) is 6.33. The van der Waals surface area contributed by atoms with Gasteiger partial charge in [0.25, 0.3) is 0 Å². The van der Waals surface area contributed by atoms with Gasteiger partial charge in [-0.2, -0.15) is 9.97 Å². The average molecular weight is 251 g/mol. The summed E-state index contributed by atoms with van der Waals surface area (Å²) < 4.78 is 5.35. The van der Waals surface area contributed by atoms with Gasteiger partial charge in [-0.1, -0.05) is 0 Å². The lowest BCUT2D eigenvalue weighted by molar-refractivity contribution is 0.0134. The Morgan fingerprint density at radius 1 is 1.17 bits per heavy atom. The molecule has 1 aromatic heterocycles.